The lowest BCUT2D eigenvalue weighted by atomic mass is 9.99. The molecule has 8 heteroatoms. The van der Waals surface area contributed by atoms with Gasteiger partial charge in [-0.3, -0.25) is 4.79 Å². The molecule has 0 spiro atoms. The Kier molecular flexibility index (Phi) is 8.51. The topological polar surface area (TPSA) is 95.2 Å². The first-order valence-electron chi connectivity index (χ1n) is 9.83. The van der Waals surface area contributed by atoms with E-state index in [0.29, 0.717) is 30.4 Å². The molecule has 2 atom stereocenters. The minimum atomic E-state index is -0.721. The van der Waals surface area contributed by atoms with Gasteiger partial charge in [-0.2, -0.15) is 0 Å². The number of thioether (sulfide) groups is 1. The number of amidine groups is 1. The Balaban J connectivity index is 1.99. The lowest BCUT2D eigenvalue weighted by Crippen LogP contribution is -2.33. The summed E-state index contributed by atoms with van der Waals surface area (Å²) in [6, 6.07) is 9.61. The average molecular weight is 424 g/mol. The molecule has 7 nitrogen and oxygen atoms in total. The molecule has 29 heavy (non-hydrogen) atoms. The number of rotatable bonds is 5. The third kappa shape index (κ3) is 9.16. The summed E-state index contributed by atoms with van der Waals surface area (Å²) in [5, 5.41) is 0.603. The molecule has 1 aliphatic heterocycles. The molecule has 1 aliphatic rings. The summed E-state index contributed by atoms with van der Waals surface area (Å²) in [7, 11) is 0. The summed E-state index contributed by atoms with van der Waals surface area (Å²) in [4.78, 5) is 16.8. The van der Waals surface area contributed by atoms with E-state index in [1.54, 1.807) is 0 Å². The Bertz CT molecular complexity index is 689. The predicted octanol–water partition coefficient (Wildman–Crippen LogP) is 3.76. The van der Waals surface area contributed by atoms with Crippen LogP contribution in [-0.2, 0) is 19.0 Å². The van der Waals surface area contributed by atoms with Gasteiger partial charge in [0, 0.05) is 5.75 Å². The van der Waals surface area contributed by atoms with Crippen molar-refractivity contribution >= 4 is 28.6 Å². The van der Waals surface area contributed by atoms with Crippen molar-refractivity contribution < 1.29 is 19.0 Å². The maximum atomic E-state index is 12.3. The minimum Gasteiger partial charge on any atom is -0.460 e. The summed E-state index contributed by atoms with van der Waals surface area (Å²) in [6.45, 7) is 9.84. The summed E-state index contributed by atoms with van der Waals surface area (Å²) >= 11 is 1.48. The molecule has 2 rings (SSSR count). The van der Waals surface area contributed by atoms with Crippen LogP contribution in [-0.4, -0.2) is 41.0 Å². The number of nitrogens with zero attached hydrogens (tertiary/aromatic N) is 1. The molecule has 0 aliphatic carbocycles. The number of esters is 1. The monoisotopic (exact) mass is 423 g/mol. The number of hydrogen-bond acceptors (Lipinski definition) is 7. The summed E-state index contributed by atoms with van der Waals surface area (Å²) in [6.07, 6.45) is 0.885. The van der Waals surface area contributed by atoms with E-state index in [0.717, 1.165) is 5.69 Å². The van der Waals surface area contributed by atoms with Gasteiger partial charge in [0.1, 0.15) is 5.60 Å². The Morgan fingerprint density at radius 3 is 2.66 bits per heavy atom. The first-order valence-corrected chi connectivity index (χ1v) is 10.8. The third-order valence-corrected chi connectivity index (χ3v) is 5.13. The lowest BCUT2D eigenvalue weighted by Gasteiger charge is -2.27. The number of nitrogens with one attached hydrogen (secondary N) is 1. The van der Waals surface area contributed by atoms with Gasteiger partial charge in [0.15, 0.2) is 11.0 Å². The van der Waals surface area contributed by atoms with Gasteiger partial charge < -0.3 is 19.6 Å². The molecular weight excluding hydrogens is 390 g/mol. The van der Waals surface area contributed by atoms with Crippen LogP contribution in [0.4, 0.5) is 5.69 Å². The number of hydrazine groups is 1. The second-order valence-corrected chi connectivity index (χ2v) is 9.56. The van der Waals surface area contributed by atoms with E-state index in [4.69, 9.17) is 20.1 Å². The quantitative estimate of drug-likeness (QED) is 0.245. The van der Waals surface area contributed by atoms with E-state index in [1.807, 2.05) is 65.0 Å². The zero-order chi connectivity index (χ0) is 21.5. The zero-order valence-corrected chi connectivity index (χ0v) is 18.8. The average Bonchev–Trinajstić information content (AvgIpc) is 2.75. The highest BCUT2D eigenvalue weighted by molar-refractivity contribution is 8.13. The first kappa shape index (κ1) is 23.7. The molecule has 1 aromatic carbocycles. The number of para-hydroxylation sites is 1. The van der Waals surface area contributed by atoms with E-state index in [1.165, 1.54) is 11.8 Å². The fraction of sp³-hybridized carbons (Fsp3) is 0.619. The second kappa shape index (κ2) is 10.4. The Morgan fingerprint density at radius 2 is 2.03 bits per heavy atom. The summed E-state index contributed by atoms with van der Waals surface area (Å²) in [5.74, 6) is 5.36. The predicted molar refractivity (Wildman–Crippen MR) is 117 cm³/mol. The second-order valence-electron chi connectivity index (χ2n) is 8.55. The highest BCUT2D eigenvalue weighted by atomic mass is 32.2. The molecule has 1 fully saturated rings. The molecule has 0 saturated carbocycles. The van der Waals surface area contributed by atoms with Gasteiger partial charge >= 0.3 is 5.97 Å². The molecule has 1 aromatic rings. The molecule has 0 unspecified atom stereocenters. The number of benzene rings is 1. The molecule has 1 heterocycles. The van der Waals surface area contributed by atoms with Crippen LogP contribution in [0.25, 0.3) is 0 Å². The smallest absolute Gasteiger partial charge is 0.306 e. The van der Waals surface area contributed by atoms with Crippen LogP contribution >= 0.6 is 11.8 Å². The van der Waals surface area contributed by atoms with Crippen LogP contribution in [0, 0.1) is 5.92 Å². The number of ether oxygens (including phenoxy) is 3. The maximum absolute atomic E-state index is 12.3. The number of carbonyl (C=O) groups excluding carboxylic acids is 1. The fourth-order valence-electron chi connectivity index (χ4n) is 3.00. The third-order valence-electron chi connectivity index (χ3n) is 4.10. The van der Waals surface area contributed by atoms with Crippen molar-refractivity contribution in [1.29, 1.82) is 0 Å². The minimum absolute atomic E-state index is 0.0255. The molecule has 3 N–H and O–H groups in total. The molecule has 0 radical (unpaired) electrons. The van der Waals surface area contributed by atoms with Gasteiger partial charge in [0.25, 0.3) is 0 Å². The lowest BCUT2D eigenvalue weighted by molar-refractivity contribution is -0.219. The normalized spacial score (nSPS) is 22.6. The van der Waals surface area contributed by atoms with Crippen molar-refractivity contribution in [2.24, 2.45) is 16.8 Å². The highest BCUT2D eigenvalue weighted by Crippen LogP contribution is 2.29. The van der Waals surface area contributed by atoms with Crippen molar-refractivity contribution in [2.45, 2.75) is 65.0 Å². The van der Waals surface area contributed by atoms with Gasteiger partial charge in [0.2, 0.25) is 0 Å². The SMILES string of the molecule is CC(C)(C)OC(=O)C[C@@H]1COC(C)(C)O[C@H](CSC(=Nc2ccccc2)NN)C1. The van der Waals surface area contributed by atoms with Crippen LogP contribution in [0.3, 0.4) is 0 Å². The van der Waals surface area contributed by atoms with Crippen molar-refractivity contribution in [1.82, 2.24) is 5.43 Å². The molecule has 0 aromatic heterocycles. The van der Waals surface area contributed by atoms with Crippen molar-refractivity contribution in [3.05, 3.63) is 30.3 Å². The van der Waals surface area contributed by atoms with Crippen molar-refractivity contribution in [3.8, 4) is 0 Å². The highest BCUT2D eigenvalue weighted by Gasteiger charge is 2.33. The fourth-order valence-corrected chi connectivity index (χ4v) is 3.80. The Hall–Kier alpha value is -1.61. The number of hydrogen-bond donors (Lipinski definition) is 2. The van der Waals surface area contributed by atoms with Gasteiger partial charge in [-0.25, -0.2) is 10.8 Å². The molecule has 0 bridgehead atoms. The van der Waals surface area contributed by atoms with Gasteiger partial charge in [-0.1, -0.05) is 30.0 Å². The van der Waals surface area contributed by atoms with Crippen LogP contribution in [0.5, 0.6) is 0 Å². The van der Waals surface area contributed by atoms with Gasteiger partial charge in [-0.05, 0) is 59.1 Å². The van der Waals surface area contributed by atoms with E-state index < -0.39 is 11.4 Å². The van der Waals surface area contributed by atoms with Gasteiger partial charge in [-0.15, -0.1) is 0 Å². The van der Waals surface area contributed by atoms with E-state index in [9.17, 15) is 4.79 Å². The van der Waals surface area contributed by atoms with Crippen LogP contribution in [0.15, 0.2) is 35.3 Å². The first-order chi connectivity index (χ1) is 13.6. The summed E-state index contributed by atoms with van der Waals surface area (Å²) < 4.78 is 17.5. The van der Waals surface area contributed by atoms with Crippen molar-refractivity contribution in [2.75, 3.05) is 12.4 Å². The zero-order valence-electron chi connectivity index (χ0n) is 17.9. The van der Waals surface area contributed by atoms with E-state index in [-0.39, 0.29) is 18.0 Å². The largest absolute Gasteiger partial charge is 0.460 e. The Labute approximate surface area is 177 Å². The standard InChI is InChI=1S/C21H33N3O4S/c1-20(2,3)28-18(25)12-15-11-17(27-21(4,5)26-13-15)14-29-19(24-22)23-16-9-7-6-8-10-16/h6-10,15,17H,11-14,22H2,1-5H3,(H,23,24)/t15-,17+/m1/s1. The van der Waals surface area contributed by atoms with Crippen LogP contribution in [0.2, 0.25) is 0 Å². The number of nitrogens with two attached hydrogens (primary N) is 1. The van der Waals surface area contributed by atoms with E-state index in [2.05, 4.69) is 10.4 Å². The maximum Gasteiger partial charge on any atom is 0.306 e. The van der Waals surface area contributed by atoms with Crippen molar-refractivity contribution in [3.63, 3.8) is 0 Å². The number of aliphatic imine (C=N–C) groups is 1. The Morgan fingerprint density at radius 1 is 1.34 bits per heavy atom. The summed E-state index contributed by atoms with van der Waals surface area (Å²) in [5.41, 5.74) is 2.97. The van der Waals surface area contributed by atoms with Crippen LogP contribution < -0.4 is 11.3 Å². The van der Waals surface area contributed by atoms with E-state index >= 15 is 0 Å². The number of carbonyl (C=O) groups is 1. The van der Waals surface area contributed by atoms with Crippen LogP contribution in [0.1, 0.15) is 47.5 Å². The van der Waals surface area contributed by atoms with Gasteiger partial charge in [0.05, 0.1) is 24.8 Å². The molecule has 0 amide bonds. The molecule has 162 valence electrons. The molecular formula is C21H33N3O4S. The molecule has 1 saturated heterocycles.